The zero-order valence-electron chi connectivity index (χ0n) is 8.01. The van der Waals surface area contributed by atoms with Gasteiger partial charge in [0.05, 0.1) is 0 Å². The maximum Gasteiger partial charge on any atom is 0.219 e. The highest BCUT2D eigenvalue weighted by Crippen LogP contribution is 2.19. The molecule has 0 aliphatic heterocycles. The third kappa shape index (κ3) is 3.26. The van der Waals surface area contributed by atoms with Crippen LogP contribution in [0, 0.1) is 6.92 Å². The Morgan fingerprint density at radius 1 is 1.57 bits per heavy atom. The minimum absolute atomic E-state index is 0.310. The SMILES string of the molecule is Cc1ccc(NCCC(N)=O)cc1Cl. The summed E-state index contributed by atoms with van der Waals surface area (Å²) in [5.74, 6) is -0.310. The van der Waals surface area contributed by atoms with Gasteiger partial charge in [0.15, 0.2) is 0 Å². The van der Waals surface area contributed by atoms with Crippen molar-refractivity contribution in [2.75, 3.05) is 11.9 Å². The predicted molar refractivity (Wildman–Crippen MR) is 58.5 cm³/mol. The standard InChI is InChI=1S/C10H13ClN2O/c1-7-2-3-8(6-9(7)11)13-5-4-10(12)14/h2-3,6,13H,4-5H2,1H3,(H2,12,14). The fourth-order valence-electron chi connectivity index (χ4n) is 1.03. The summed E-state index contributed by atoms with van der Waals surface area (Å²) in [6.07, 6.45) is 0.325. The summed E-state index contributed by atoms with van der Waals surface area (Å²) in [4.78, 5) is 10.5. The molecule has 1 aromatic rings. The first-order chi connectivity index (χ1) is 6.59. The fraction of sp³-hybridized carbons (Fsp3) is 0.300. The van der Waals surface area contributed by atoms with Crippen LogP contribution < -0.4 is 11.1 Å². The molecular formula is C10H13ClN2O. The number of carbonyl (C=O) groups is 1. The number of hydrogen-bond donors (Lipinski definition) is 2. The normalized spacial score (nSPS) is 9.86. The number of aryl methyl sites for hydroxylation is 1. The van der Waals surface area contributed by atoms with Crippen LogP contribution in [0.1, 0.15) is 12.0 Å². The first-order valence-corrected chi connectivity index (χ1v) is 4.75. The maximum atomic E-state index is 10.5. The molecule has 0 aromatic heterocycles. The molecule has 0 bridgehead atoms. The molecule has 14 heavy (non-hydrogen) atoms. The van der Waals surface area contributed by atoms with Gasteiger partial charge >= 0.3 is 0 Å². The summed E-state index contributed by atoms with van der Waals surface area (Å²) >= 11 is 5.92. The van der Waals surface area contributed by atoms with Gasteiger partial charge in [0.1, 0.15) is 0 Å². The summed E-state index contributed by atoms with van der Waals surface area (Å²) in [6, 6.07) is 5.68. The van der Waals surface area contributed by atoms with E-state index in [1.54, 1.807) is 0 Å². The Morgan fingerprint density at radius 3 is 2.86 bits per heavy atom. The molecule has 0 saturated heterocycles. The van der Waals surface area contributed by atoms with E-state index in [2.05, 4.69) is 5.32 Å². The van der Waals surface area contributed by atoms with Gasteiger partial charge in [0.25, 0.3) is 0 Å². The number of hydrogen-bond acceptors (Lipinski definition) is 2. The largest absolute Gasteiger partial charge is 0.384 e. The number of nitrogens with one attached hydrogen (secondary N) is 1. The van der Waals surface area contributed by atoms with E-state index in [1.807, 2.05) is 25.1 Å². The van der Waals surface area contributed by atoms with Crippen LogP contribution in [-0.2, 0) is 4.79 Å². The zero-order chi connectivity index (χ0) is 10.6. The lowest BCUT2D eigenvalue weighted by Gasteiger charge is -2.06. The van der Waals surface area contributed by atoms with Crippen molar-refractivity contribution >= 4 is 23.2 Å². The second-order valence-corrected chi connectivity index (χ2v) is 3.51. The van der Waals surface area contributed by atoms with Crippen molar-refractivity contribution in [2.45, 2.75) is 13.3 Å². The summed E-state index contributed by atoms with van der Waals surface area (Å²) in [5, 5.41) is 3.78. The molecule has 4 heteroatoms. The van der Waals surface area contributed by atoms with Crippen molar-refractivity contribution < 1.29 is 4.79 Å². The van der Waals surface area contributed by atoms with Gasteiger partial charge < -0.3 is 11.1 Å². The molecule has 76 valence electrons. The first kappa shape index (κ1) is 10.9. The summed E-state index contributed by atoms with van der Waals surface area (Å²) in [6.45, 7) is 2.48. The van der Waals surface area contributed by atoms with Crippen LogP contribution in [-0.4, -0.2) is 12.5 Å². The van der Waals surface area contributed by atoms with Gasteiger partial charge in [0, 0.05) is 23.7 Å². The fourth-order valence-corrected chi connectivity index (χ4v) is 1.21. The van der Waals surface area contributed by atoms with E-state index < -0.39 is 0 Å². The summed E-state index contributed by atoms with van der Waals surface area (Å²) < 4.78 is 0. The molecule has 0 fully saturated rings. The maximum absolute atomic E-state index is 10.5. The molecule has 0 spiro atoms. The Balaban J connectivity index is 2.51. The molecule has 0 radical (unpaired) electrons. The van der Waals surface area contributed by atoms with E-state index in [-0.39, 0.29) is 5.91 Å². The van der Waals surface area contributed by atoms with Crippen LogP contribution in [0.5, 0.6) is 0 Å². The minimum atomic E-state index is -0.310. The van der Waals surface area contributed by atoms with Crippen molar-refractivity contribution in [3.8, 4) is 0 Å². The van der Waals surface area contributed by atoms with Crippen molar-refractivity contribution in [3.63, 3.8) is 0 Å². The van der Waals surface area contributed by atoms with Crippen LogP contribution in [0.15, 0.2) is 18.2 Å². The molecule has 0 saturated carbocycles. The topological polar surface area (TPSA) is 55.1 Å². The van der Waals surface area contributed by atoms with Gasteiger partial charge in [0.2, 0.25) is 5.91 Å². The third-order valence-electron chi connectivity index (χ3n) is 1.87. The number of benzene rings is 1. The summed E-state index contributed by atoms with van der Waals surface area (Å²) in [7, 11) is 0. The second kappa shape index (κ2) is 4.86. The molecular weight excluding hydrogens is 200 g/mol. The third-order valence-corrected chi connectivity index (χ3v) is 2.28. The predicted octanol–water partition coefficient (Wildman–Crippen LogP) is 1.94. The van der Waals surface area contributed by atoms with Crippen molar-refractivity contribution in [2.24, 2.45) is 5.73 Å². The van der Waals surface area contributed by atoms with E-state index in [0.717, 1.165) is 11.3 Å². The van der Waals surface area contributed by atoms with E-state index in [0.29, 0.717) is 18.0 Å². The molecule has 1 aromatic carbocycles. The summed E-state index contributed by atoms with van der Waals surface area (Å²) in [5.41, 5.74) is 6.94. The van der Waals surface area contributed by atoms with Crippen LogP contribution in [0.2, 0.25) is 5.02 Å². The minimum Gasteiger partial charge on any atom is -0.384 e. The lowest BCUT2D eigenvalue weighted by atomic mass is 10.2. The Hall–Kier alpha value is -1.22. The first-order valence-electron chi connectivity index (χ1n) is 4.38. The van der Waals surface area contributed by atoms with Gasteiger partial charge in [-0.3, -0.25) is 4.79 Å². The van der Waals surface area contributed by atoms with Crippen molar-refractivity contribution in [1.29, 1.82) is 0 Å². The number of carbonyl (C=O) groups excluding carboxylic acids is 1. The van der Waals surface area contributed by atoms with E-state index in [9.17, 15) is 4.79 Å². The Morgan fingerprint density at radius 2 is 2.29 bits per heavy atom. The number of primary amides is 1. The number of rotatable bonds is 4. The van der Waals surface area contributed by atoms with Gasteiger partial charge in [-0.15, -0.1) is 0 Å². The highest BCUT2D eigenvalue weighted by atomic mass is 35.5. The van der Waals surface area contributed by atoms with Crippen molar-refractivity contribution in [1.82, 2.24) is 0 Å². The number of amides is 1. The molecule has 1 rings (SSSR count). The second-order valence-electron chi connectivity index (χ2n) is 3.11. The molecule has 0 aliphatic rings. The Kier molecular flexibility index (Phi) is 3.77. The van der Waals surface area contributed by atoms with E-state index in [1.165, 1.54) is 0 Å². The van der Waals surface area contributed by atoms with Crippen LogP contribution >= 0.6 is 11.6 Å². The number of halogens is 1. The number of anilines is 1. The number of nitrogens with two attached hydrogens (primary N) is 1. The van der Waals surface area contributed by atoms with Crippen LogP contribution in [0.3, 0.4) is 0 Å². The Bertz CT molecular complexity index is 339. The molecule has 0 atom stereocenters. The van der Waals surface area contributed by atoms with E-state index >= 15 is 0 Å². The smallest absolute Gasteiger partial charge is 0.219 e. The van der Waals surface area contributed by atoms with E-state index in [4.69, 9.17) is 17.3 Å². The highest BCUT2D eigenvalue weighted by Gasteiger charge is 1.98. The molecule has 0 aliphatic carbocycles. The lowest BCUT2D eigenvalue weighted by molar-refractivity contribution is -0.117. The molecule has 3 nitrogen and oxygen atoms in total. The van der Waals surface area contributed by atoms with Crippen LogP contribution in [0.25, 0.3) is 0 Å². The molecule has 3 N–H and O–H groups in total. The average molecular weight is 213 g/mol. The monoisotopic (exact) mass is 212 g/mol. The van der Waals surface area contributed by atoms with Gasteiger partial charge in [-0.2, -0.15) is 0 Å². The average Bonchev–Trinajstić information content (AvgIpc) is 2.10. The van der Waals surface area contributed by atoms with Crippen molar-refractivity contribution in [3.05, 3.63) is 28.8 Å². The highest BCUT2D eigenvalue weighted by molar-refractivity contribution is 6.31. The molecule has 0 heterocycles. The zero-order valence-corrected chi connectivity index (χ0v) is 8.77. The van der Waals surface area contributed by atoms with Gasteiger partial charge in [-0.25, -0.2) is 0 Å². The lowest BCUT2D eigenvalue weighted by Crippen LogP contribution is -2.15. The van der Waals surface area contributed by atoms with Gasteiger partial charge in [-0.05, 0) is 24.6 Å². The van der Waals surface area contributed by atoms with Crippen LogP contribution in [0.4, 0.5) is 5.69 Å². The van der Waals surface area contributed by atoms with Gasteiger partial charge in [-0.1, -0.05) is 17.7 Å². The molecule has 1 amide bonds. The Labute approximate surface area is 88.2 Å². The molecule has 0 unspecified atom stereocenters. The quantitative estimate of drug-likeness (QED) is 0.802.